The average molecular weight is 253 g/mol. The smallest absolute Gasteiger partial charge is 0.0400 e. The first-order chi connectivity index (χ1) is 9.33. The third-order valence-electron chi connectivity index (χ3n) is 3.71. The fraction of sp³-hybridized carbons (Fsp3) is 0.333. The van der Waals surface area contributed by atoms with Crippen LogP contribution in [0.1, 0.15) is 43.7 Å². The molecule has 0 spiro atoms. The van der Waals surface area contributed by atoms with E-state index >= 15 is 0 Å². The van der Waals surface area contributed by atoms with E-state index in [0.717, 1.165) is 6.54 Å². The van der Waals surface area contributed by atoms with E-state index in [1.165, 1.54) is 29.7 Å². The van der Waals surface area contributed by atoms with Crippen molar-refractivity contribution < 1.29 is 0 Å². The molecule has 0 amide bonds. The van der Waals surface area contributed by atoms with Crippen LogP contribution in [0, 0.1) is 0 Å². The van der Waals surface area contributed by atoms with Crippen LogP contribution in [0.4, 0.5) is 5.69 Å². The van der Waals surface area contributed by atoms with E-state index in [0.29, 0.717) is 5.92 Å². The van der Waals surface area contributed by atoms with Gasteiger partial charge in [0.2, 0.25) is 0 Å². The molecule has 0 aliphatic rings. The van der Waals surface area contributed by atoms with Gasteiger partial charge in [0, 0.05) is 12.2 Å². The van der Waals surface area contributed by atoms with Gasteiger partial charge in [-0.05, 0) is 42.0 Å². The summed E-state index contributed by atoms with van der Waals surface area (Å²) in [6.45, 7) is 5.40. The van der Waals surface area contributed by atoms with Crippen LogP contribution in [0.25, 0.3) is 0 Å². The highest BCUT2D eigenvalue weighted by atomic mass is 14.9. The summed E-state index contributed by atoms with van der Waals surface area (Å²) in [5.74, 6) is 0.697. The van der Waals surface area contributed by atoms with Crippen molar-refractivity contribution in [3.05, 3.63) is 65.7 Å². The van der Waals surface area contributed by atoms with E-state index in [4.69, 9.17) is 0 Å². The van der Waals surface area contributed by atoms with Crippen LogP contribution < -0.4 is 5.32 Å². The maximum Gasteiger partial charge on any atom is 0.0400 e. The lowest BCUT2D eigenvalue weighted by Gasteiger charge is -2.14. The Morgan fingerprint density at radius 3 is 2.05 bits per heavy atom. The fourth-order valence-corrected chi connectivity index (χ4v) is 2.43. The second-order valence-electron chi connectivity index (χ2n) is 4.97. The average Bonchev–Trinajstić information content (AvgIpc) is 2.49. The summed E-state index contributed by atoms with van der Waals surface area (Å²) < 4.78 is 0. The summed E-state index contributed by atoms with van der Waals surface area (Å²) >= 11 is 0. The predicted octanol–water partition coefficient (Wildman–Crippen LogP) is 5.20. The molecule has 100 valence electrons. The Bertz CT molecular complexity index is 469. The number of anilines is 1. The van der Waals surface area contributed by atoms with Crippen molar-refractivity contribution in [3.8, 4) is 0 Å². The minimum atomic E-state index is 0.697. The summed E-state index contributed by atoms with van der Waals surface area (Å²) in [5, 5.41) is 3.46. The molecule has 2 aromatic carbocycles. The molecule has 0 heterocycles. The van der Waals surface area contributed by atoms with Crippen molar-refractivity contribution in [1.29, 1.82) is 0 Å². The monoisotopic (exact) mass is 253 g/mol. The summed E-state index contributed by atoms with van der Waals surface area (Å²) in [5.41, 5.74) is 3.96. The van der Waals surface area contributed by atoms with Crippen molar-refractivity contribution >= 4 is 5.69 Å². The Hall–Kier alpha value is -1.76. The quantitative estimate of drug-likeness (QED) is 0.746. The number of nitrogens with one attached hydrogen (secondary N) is 1. The van der Waals surface area contributed by atoms with E-state index in [1.54, 1.807) is 0 Å². The molecule has 1 N–H and O–H groups in total. The van der Waals surface area contributed by atoms with Gasteiger partial charge in [0.15, 0.2) is 0 Å². The molecular weight excluding hydrogens is 230 g/mol. The topological polar surface area (TPSA) is 12.0 Å². The van der Waals surface area contributed by atoms with Crippen LogP contribution in [0.3, 0.4) is 0 Å². The number of hydrogen-bond acceptors (Lipinski definition) is 1. The largest absolute Gasteiger partial charge is 0.381 e. The number of hydrogen-bond donors (Lipinski definition) is 1. The fourth-order valence-electron chi connectivity index (χ4n) is 2.43. The second kappa shape index (κ2) is 6.98. The molecule has 0 atom stereocenters. The van der Waals surface area contributed by atoms with Gasteiger partial charge in [-0.3, -0.25) is 0 Å². The maximum atomic E-state index is 3.46. The van der Waals surface area contributed by atoms with Crippen molar-refractivity contribution in [1.82, 2.24) is 0 Å². The molecule has 2 aromatic rings. The zero-order chi connectivity index (χ0) is 13.5. The van der Waals surface area contributed by atoms with Gasteiger partial charge in [0.05, 0.1) is 0 Å². The van der Waals surface area contributed by atoms with Crippen LogP contribution in [-0.2, 0) is 6.54 Å². The first-order valence-electron chi connectivity index (χ1n) is 7.21. The molecule has 0 aliphatic carbocycles. The minimum Gasteiger partial charge on any atom is -0.381 e. The third-order valence-corrected chi connectivity index (χ3v) is 3.71. The van der Waals surface area contributed by atoms with Crippen LogP contribution in [0.5, 0.6) is 0 Å². The molecule has 1 heteroatoms. The highest BCUT2D eigenvalue weighted by Crippen LogP contribution is 2.24. The van der Waals surface area contributed by atoms with E-state index in [-0.39, 0.29) is 0 Å². The Labute approximate surface area is 116 Å². The first kappa shape index (κ1) is 13.7. The highest BCUT2D eigenvalue weighted by Gasteiger charge is 2.05. The van der Waals surface area contributed by atoms with Crippen molar-refractivity contribution in [2.24, 2.45) is 0 Å². The number of benzene rings is 2. The van der Waals surface area contributed by atoms with Gasteiger partial charge in [-0.2, -0.15) is 0 Å². The molecule has 0 bridgehead atoms. The Morgan fingerprint density at radius 2 is 1.47 bits per heavy atom. The Balaban J connectivity index is 1.95. The molecule has 0 aromatic heterocycles. The lowest BCUT2D eigenvalue weighted by molar-refractivity contribution is 0.642. The summed E-state index contributed by atoms with van der Waals surface area (Å²) in [4.78, 5) is 0. The highest BCUT2D eigenvalue weighted by molar-refractivity contribution is 5.45. The molecule has 0 fully saturated rings. The van der Waals surface area contributed by atoms with Crippen molar-refractivity contribution in [3.63, 3.8) is 0 Å². The molecular formula is C18H23N. The predicted molar refractivity (Wildman–Crippen MR) is 83.5 cm³/mol. The summed E-state index contributed by atoms with van der Waals surface area (Å²) in [6, 6.07) is 19.4. The minimum absolute atomic E-state index is 0.697. The van der Waals surface area contributed by atoms with Gasteiger partial charge in [-0.15, -0.1) is 0 Å². The molecule has 0 unspecified atom stereocenters. The molecule has 0 radical (unpaired) electrons. The van der Waals surface area contributed by atoms with E-state index in [9.17, 15) is 0 Å². The second-order valence-corrected chi connectivity index (χ2v) is 4.97. The lowest BCUT2D eigenvalue weighted by Crippen LogP contribution is -2.00. The van der Waals surface area contributed by atoms with Gasteiger partial charge >= 0.3 is 0 Å². The molecule has 0 saturated heterocycles. The van der Waals surface area contributed by atoms with Gasteiger partial charge in [-0.25, -0.2) is 0 Å². The van der Waals surface area contributed by atoms with E-state index in [1.807, 2.05) is 6.07 Å². The standard InChI is InChI=1S/C18H23N/c1-3-16(4-2)17-10-12-18(13-11-17)19-14-15-8-6-5-7-9-15/h5-13,16,19H,3-4,14H2,1-2H3. The van der Waals surface area contributed by atoms with Crippen molar-refractivity contribution in [2.45, 2.75) is 39.2 Å². The molecule has 0 aliphatic heterocycles. The lowest BCUT2D eigenvalue weighted by atomic mass is 9.94. The molecule has 1 nitrogen and oxygen atoms in total. The van der Waals surface area contributed by atoms with Crippen LogP contribution in [-0.4, -0.2) is 0 Å². The Kier molecular flexibility index (Phi) is 5.02. The Morgan fingerprint density at radius 1 is 0.842 bits per heavy atom. The van der Waals surface area contributed by atoms with Crippen molar-refractivity contribution in [2.75, 3.05) is 5.32 Å². The first-order valence-corrected chi connectivity index (χ1v) is 7.21. The van der Waals surface area contributed by atoms with Crippen LogP contribution in [0.2, 0.25) is 0 Å². The van der Waals surface area contributed by atoms with Crippen LogP contribution >= 0.6 is 0 Å². The van der Waals surface area contributed by atoms with Gasteiger partial charge in [0.1, 0.15) is 0 Å². The molecule has 2 rings (SSSR count). The SMILES string of the molecule is CCC(CC)c1ccc(NCc2ccccc2)cc1. The third kappa shape index (κ3) is 3.85. The zero-order valence-corrected chi connectivity index (χ0v) is 11.9. The summed E-state index contributed by atoms with van der Waals surface area (Å²) in [7, 11) is 0. The normalized spacial score (nSPS) is 10.7. The van der Waals surface area contributed by atoms with E-state index in [2.05, 4.69) is 67.7 Å². The molecule has 0 saturated carbocycles. The van der Waals surface area contributed by atoms with Gasteiger partial charge in [-0.1, -0.05) is 56.3 Å². The number of rotatable bonds is 6. The van der Waals surface area contributed by atoms with Crippen LogP contribution in [0.15, 0.2) is 54.6 Å². The van der Waals surface area contributed by atoms with E-state index < -0.39 is 0 Å². The zero-order valence-electron chi connectivity index (χ0n) is 11.9. The van der Waals surface area contributed by atoms with Gasteiger partial charge in [0.25, 0.3) is 0 Å². The molecule has 19 heavy (non-hydrogen) atoms. The van der Waals surface area contributed by atoms with Gasteiger partial charge < -0.3 is 5.32 Å². The summed E-state index contributed by atoms with van der Waals surface area (Å²) in [6.07, 6.45) is 2.43. The maximum absolute atomic E-state index is 3.46.